The molecule has 0 spiro atoms. The van der Waals surface area contributed by atoms with Gasteiger partial charge in [0.1, 0.15) is 17.5 Å². The molecule has 7 nitrogen and oxygen atoms in total. The molecule has 0 fully saturated rings. The van der Waals surface area contributed by atoms with Gasteiger partial charge < -0.3 is 10.5 Å². The van der Waals surface area contributed by atoms with E-state index in [1.807, 2.05) is 54.6 Å². The molecule has 2 aromatic carbocycles. The van der Waals surface area contributed by atoms with Crippen molar-refractivity contribution in [3.63, 3.8) is 0 Å². The second kappa shape index (κ2) is 7.46. The number of nitrogens with two attached hydrogens (primary N) is 1. The van der Waals surface area contributed by atoms with Crippen LogP contribution in [0.4, 0.5) is 17.2 Å². The summed E-state index contributed by atoms with van der Waals surface area (Å²) in [5.41, 5.74) is 14.1. The predicted molar refractivity (Wildman–Crippen MR) is 110 cm³/mol. The fraction of sp³-hybridized carbons (Fsp3) is 0. The Morgan fingerprint density at radius 1 is 0.889 bits per heavy atom. The topological polar surface area (TPSA) is 98.0 Å². The molecule has 4 N–H and O–H groups in total. The van der Waals surface area contributed by atoms with Gasteiger partial charge in [-0.3, -0.25) is 15.8 Å². The summed E-state index contributed by atoms with van der Waals surface area (Å²) < 4.78 is 6.88. The van der Waals surface area contributed by atoms with Gasteiger partial charge in [0.15, 0.2) is 11.6 Å². The number of aromatic nitrogens is 3. The second-order valence-electron chi connectivity index (χ2n) is 5.60. The van der Waals surface area contributed by atoms with Crippen LogP contribution in [0.25, 0.3) is 10.9 Å². The number of hydrazine groups is 1. The molecule has 0 saturated heterocycles. The highest BCUT2D eigenvalue weighted by atomic mass is 79.9. The lowest BCUT2D eigenvalue weighted by Crippen LogP contribution is -2.12. The zero-order valence-corrected chi connectivity index (χ0v) is 15.6. The van der Waals surface area contributed by atoms with Crippen molar-refractivity contribution in [3.05, 3.63) is 71.6 Å². The van der Waals surface area contributed by atoms with Crippen LogP contribution in [0.3, 0.4) is 0 Å². The van der Waals surface area contributed by atoms with Crippen LogP contribution in [-0.2, 0) is 0 Å². The monoisotopic (exact) mass is 422 g/mol. The molecule has 0 saturated carbocycles. The van der Waals surface area contributed by atoms with Crippen LogP contribution in [0, 0.1) is 0 Å². The van der Waals surface area contributed by atoms with Crippen LogP contribution >= 0.6 is 15.9 Å². The van der Waals surface area contributed by atoms with E-state index in [0.29, 0.717) is 17.1 Å². The Kier molecular flexibility index (Phi) is 4.71. The number of ether oxygens (including phenoxy) is 1. The Morgan fingerprint density at radius 2 is 1.74 bits per heavy atom. The molecule has 2 aromatic heterocycles. The Hall–Kier alpha value is -3.39. The molecule has 0 aliphatic rings. The Morgan fingerprint density at radius 3 is 2.59 bits per heavy atom. The largest absolute Gasteiger partial charge is 0.435 e. The third kappa shape index (κ3) is 3.61. The predicted octanol–water partition coefficient (Wildman–Crippen LogP) is 4.60. The number of nitrogens with one attached hydrogen (secondary N) is 2. The average Bonchev–Trinajstić information content (AvgIpc) is 2.71. The van der Waals surface area contributed by atoms with Crippen LogP contribution in [0.2, 0.25) is 0 Å². The molecule has 8 heteroatoms. The lowest BCUT2D eigenvalue weighted by Gasteiger charge is -2.14. The first-order chi connectivity index (χ1) is 13.2. The highest BCUT2D eigenvalue weighted by molar-refractivity contribution is 9.10. The number of hydrogen-bond donors (Lipinski definition) is 3. The molecular weight excluding hydrogens is 408 g/mol. The van der Waals surface area contributed by atoms with E-state index in [4.69, 9.17) is 10.5 Å². The van der Waals surface area contributed by atoms with Crippen molar-refractivity contribution in [3.8, 4) is 11.6 Å². The molecule has 4 aromatic rings. The van der Waals surface area contributed by atoms with Crippen molar-refractivity contribution >= 4 is 44.0 Å². The number of nitrogens with zero attached hydrogens (tertiary/aromatic N) is 3. The normalized spacial score (nSPS) is 10.6. The minimum Gasteiger partial charge on any atom is -0.435 e. The fourth-order valence-electron chi connectivity index (χ4n) is 2.51. The van der Waals surface area contributed by atoms with Crippen molar-refractivity contribution in [2.75, 3.05) is 16.6 Å². The van der Waals surface area contributed by atoms with Crippen LogP contribution in [0.5, 0.6) is 11.6 Å². The smallest absolute Gasteiger partial charge is 0.248 e. The maximum Gasteiger partial charge on any atom is 0.248 e. The van der Waals surface area contributed by atoms with Gasteiger partial charge in [0.25, 0.3) is 0 Å². The Balaban J connectivity index is 1.61. The first-order valence-corrected chi connectivity index (χ1v) is 8.90. The van der Waals surface area contributed by atoms with Gasteiger partial charge in [-0.2, -0.15) is 4.98 Å². The van der Waals surface area contributed by atoms with E-state index in [0.717, 1.165) is 15.5 Å². The van der Waals surface area contributed by atoms with E-state index in [9.17, 15) is 0 Å². The lowest BCUT2D eigenvalue weighted by molar-refractivity contribution is 0.468. The van der Waals surface area contributed by atoms with E-state index in [1.54, 1.807) is 6.20 Å². The van der Waals surface area contributed by atoms with Crippen molar-refractivity contribution in [2.45, 2.75) is 0 Å². The van der Waals surface area contributed by atoms with E-state index in [-0.39, 0.29) is 11.6 Å². The molecule has 0 bridgehead atoms. The standard InChI is InChI=1S/C19H15BrN6O/c20-14-8-9-15(17-13(14)7-4-10-22-17)27-19-16(21)18(23-11-24-19)26-25-12-5-2-1-3-6-12/h1-11,25H,21H2,(H,23,24,26). The number of rotatable bonds is 5. The zero-order valence-electron chi connectivity index (χ0n) is 14.1. The van der Waals surface area contributed by atoms with Gasteiger partial charge in [-0.05, 0) is 30.3 Å². The molecule has 0 aliphatic carbocycles. The number of para-hydroxylation sites is 1. The number of pyridine rings is 1. The maximum atomic E-state index is 6.19. The molecule has 4 rings (SSSR count). The van der Waals surface area contributed by atoms with Crippen LogP contribution in [-0.4, -0.2) is 15.0 Å². The highest BCUT2D eigenvalue weighted by Crippen LogP contribution is 2.35. The number of benzene rings is 2. The first-order valence-electron chi connectivity index (χ1n) is 8.11. The number of halogens is 1. The third-order valence-electron chi connectivity index (χ3n) is 3.83. The third-order valence-corrected chi connectivity index (χ3v) is 4.52. The lowest BCUT2D eigenvalue weighted by atomic mass is 10.2. The minimum atomic E-state index is 0.247. The van der Waals surface area contributed by atoms with Crippen molar-refractivity contribution in [1.82, 2.24) is 15.0 Å². The summed E-state index contributed by atoms with van der Waals surface area (Å²) in [7, 11) is 0. The van der Waals surface area contributed by atoms with Crippen LogP contribution < -0.4 is 21.3 Å². The van der Waals surface area contributed by atoms with Gasteiger partial charge in [-0.1, -0.05) is 40.2 Å². The molecule has 0 aliphatic heterocycles. The number of anilines is 3. The molecule has 27 heavy (non-hydrogen) atoms. The van der Waals surface area contributed by atoms with E-state index >= 15 is 0 Å². The molecular formula is C19H15BrN6O. The summed E-state index contributed by atoms with van der Waals surface area (Å²) in [5.74, 6) is 1.22. The van der Waals surface area contributed by atoms with E-state index < -0.39 is 0 Å². The fourth-order valence-corrected chi connectivity index (χ4v) is 2.96. The van der Waals surface area contributed by atoms with Crippen molar-refractivity contribution < 1.29 is 4.74 Å². The number of fused-ring (bicyclic) bond motifs is 1. The summed E-state index contributed by atoms with van der Waals surface area (Å²) in [4.78, 5) is 12.7. The molecule has 0 unspecified atom stereocenters. The SMILES string of the molecule is Nc1c(NNc2ccccc2)ncnc1Oc1ccc(Br)c2cccnc12. The summed E-state index contributed by atoms with van der Waals surface area (Å²) >= 11 is 3.52. The van der Waals surface area contributed by atoms with Gasteiger partial charge >= 0.3 is 0 Å². The van der Waals surface area contributed by atoms with Crippen molar-refractivity contribution in [1.29, 1.82) is 0 Å². The summed E-state index contributed by atoms with van der Waals surface area (Å²) in [6.07, 6.45) is 3.09. The van der Waals surface area contributed by atoms with Gasteiger partial charge in [0.2, 0.25) is 5.88 Å². The average molecular weight is 423 g/mol. The molecule has 134 valence electrons. The minimum absolute atomic E-state index is 0.247. The summed E-state index contributed by atoms with van der Waals surface area (Å²) in [5, 5.41) is 0.937. The second-order valence-corrected chi connectivity index (χ2v) is 6.46. The Labute approximate surface area is 163 Å². The first kappa shape index (κ1) is 17.0. The highest BCUT2D eigenvalue weighted by Gasteiger charge is 2.13. The number of hydrogen-bond acceptors (Lipinski definition) is 7. The van der Waals surface area contributed by atoms with Crippen LogP contribution in [0.15, 0.2) is 71.6 Å². The zero-order chi connectivity index (χ0) is 18.6. The van der Waals surface area contributed by atoms with Gasteiger partial charge in [0, 0.05) is 16.1 Å². The Bertz CT molecular complexity index is 1090. The maximum absolute atomic E-state index is 6.19. The van der Waals surface area contributed by atoms with E-state index in [1.165, 1.54) is 6.33 Å². The van der Waals surface area contributed by atoms with E-state index in [2.05, 4.69) is 41.7 Å². The molecule has 0 atom stereocenters. The molecule has 0 amide bonds. The van der Waals surface area contributed by atoms with Gasteiger partial charge in [-0.25, -0.2) is 4.98 Å². The quantitative estimate of drug-likeness (QED) is 0.404. The van der Waals surface area contributed by atoms with Crippen LogP contribution in [0.1, 0.15) is 0 Å². The number of nitrogen functional groups attached to an aromatic ring is 1. The van der Waals surface area contributed by atoms with Gasteiger partial charge in [0.05, 0.1) is 5.69 Å². The molecule has 0 radical (unpaired) electrons. The molecule has 2 heterocycles. The summed E-state index contributed by atoms with van der Waals surface area (Å²) in [6.45, 7) is 0. The summed E-state index contributed by atoms with van der Waals surface area (Å²) in [6, 6.07) is 17.2. The van der Waals surface area contributed by atoms with Crippen molar-refractivity contribution in [2.24, 2.45) is 0 Å². The van der Waals surface area contributed by atoms with Gasteiger partial charge in [-0.15, -0.1) is 0 Å².